The third-order valence-corrected chi connectivity index (χ3v) is 5.90. The Morgan fingerprint density at radius 2 is 2.10 bits per heavy atom. The maximum atomic E-state index is 13.9. The average molecular weight is 321 g/mol. The van der Waals surface area contributed by atoms with Crippen molar-refractivity contribution in [3.8, 4) is 0 Å². The largest absolute Gasteiger partial charge is 0.327 e. The van der Waals surface area contributed by atoms with Crippen molar-refractivity contribution in [3.05, 3.63) is 29.0 Å². The van der Waals surface area contributed by atoms with Gasteiger partial charge in [-0.2, -0.15) is 4.31 Å². The summed E-state index contributed by atoms with van der Waals surface area (Å²) in [5.41, 5.74) is 5.65. The highest BCUT2D eigenvalue weighted by molar-refractivity contribution is 7.89. The van der Waals surface area contributed by atoms with Crippen molar-refractivity contribution >= 4 is 21.6 Å². The first-order valence-corrected chi connectivity index (χ1v) is 8.17. The van der Waals surface area contributed by atoms with E-state index in [1.54, 1.807) is 0 Å². The van der Waals surface area contributed by atoms with E-state index in [9.17, 15) is 12.8 Å². The number of hydrogen-bond donors (Lipinski definition) is 1. The first kappa shape index (κ1) is 15.7. The number of nitrogens with two attached hydrogens (primary N) is 1. The van der Waals surface area contributed by atoms with Gasteiger partial charge in [-0.05, 0) is 30.0 Å². The highest BCUT2D eigenvalue weighted by Gasteiger charge is 2.39. The van der Waals surface area contributed by atoms with Crippen LogP contribution in [0, 0.1) is 11.2 Å². The van der Waals surface area contributed by atoms with Crippen LogP contribution in [-0.4, -0.2) is 31.9 Å². The molecule has 1 unspecified atom stereocenters. The Morgan fingerprint density at radius 1 is 1.45 bits per heavy atom. The van der Waals surface area contributed by atoms with Crippen LogP contribution in [0.1, 0.15) is 20.3 Å². The summed E-state index contributed by atoms with van der Waals surface area (Å²) < 4.78 is 40.2. The fourth-order valence-electron chi connectivity index (χ4n) is 2.35. The Kier molecular flexibility index (Phi) is 4.12. The second kappa shape index (κ2) is 5.26. The fourth-order valence-corrected chi connectivity index (χ4v) is 4.18. The van der Waals surface area contributed by atoms with E-state index in [0.29, 0.717) is 13.0 Å². The maximum absolute atomic E-state index is 13.9. The molecule has 1 atom stereocenters. The van der Waals surface area contributed by atoms with Crippen LogP contribution in [0.3, 0.4) is 0 Å². The topological polar surface area (TPSA) is 63.4 Å². The quantitative estimate of drug-likeness (QED) is 0.909. The van der Waals surface area contributed by atoms with Crippen LogP contribution in [0.15, 0.2) is 23.1 Å². The average Bonchev–Trinajstić information content (AvgIpc) is 2.31. The number of rotatable bonds is 2. The van der Waals surface area contributed by atoms with E-state index in [0.717, 1.165) is 6.07 Å². The van der Waals surface area contributed by atoms with Gasteiger partial charge in [-0.3, -0.25) is 0 Å². The third-order valence-electron chi connectivity index (χ3n) is 3.79. The molecule has 0 spiro atoms. The number of hydrogen-bond acceptors (Lipinski definition) is 3. The van der Waals surface area contributed by atoms with Crippen molar-refractivity contribution in [2.45, 2.75) is 31.2 Å². The van der Waals surface area contributed by atoms with E-state index in [1.807, 2.05) is 13.8 Å². The minimum Gasteiger partial charge on any atom is -0.327 e. The molecule has 1 aromatic rings. The van der Waals surface area contributed by atoms with E-state index < -0.39 is 15.8 Å². The zero-order valence-electron chi connectivity index (χ0n) is 11.4. The summed E-state index contributed by atoms with van der Waals surface area (Å²) in [5, 5.41) is 0.169. The lowest BCUT2D eigenvalue weighted by molar-refractivity contribution is 0.155. The zero-order chi connectivity index (χ0) is 15.1. The molecule has 7 heteroatoms. The number of nitrogens with zero attached hydrogens (tertiary/aromatic N) is 1. The second-order valence-corrected chi connectivity index (χ2v) is 8.14. The van der Waals surface area contributed by atoms with Crippen molar-refractivity contribution < 1.29 is 12.8 Å². The minimum atomic E-state index is -3.86. The summed E-state index contributed by atoms with van der Waals surface area (Å²) in [4.78, 5) is -0.340. The van der Waals surface area contributed by atoms with Gasteiger partial charge in [-0.15, -0.1) is 0 Å². The third kappa shape index (κ3) is 2.83. The molecular weight excluding hydrogens is 303 g/mol. The van der Waals surface area contributed by atoms with Gasteiger partial charge in [0.1, 0.15) is 10.7 Å². The fraction of sp³-hybridized carbons (Fsp3) is 0.538. The standard InChI is InChI=1S/C13H18ClFN2O2S/c1-13(2)8-17(6-5-12(13)16)20(18,19)11-4-3-9(14)7-10(11)15/h3-4,7,12H,5-6,8,16H2,1-2H3. The summed E-state index contributed by atoms with van der Waals surface area (Å²) >= 11 is 5.65. The van der Waals surface area contributed by atoms with Gasteiger partial charge in [0.25, 0.3) is 0 Å². The van der Waals surface area contributed by atoms with Gasteiger partial charge in [0.15, 0.2) is 0 Å². The summed E-state index contributed by atoms with van der Waals surface area (Å²) in [6.45, 7) is 4.41. The molecule has 0 saturated carbocycles. The van der Waals surface area contributed by atoms with Crippen molar-refractivity contribution in [3.63, 3.8) is 0 Å². The van der Waals surface area contributed by atoms with E-state index >= 15 is 0 Å². The van der Waals surface area contributed by atoms with Crippen molar-refractivity contribution in [1.29, 1.82) is 0 Å². The first-order chi connectivity index (χ1) is 9.14. The molecule has 20 heavy (non-hydrogen) atoms. The van der Waals surface area contributed by atoms with Crippen molar-refractivity contribution in [2.24, 2.45) is 11.1 Å². The molecule has 2 N–H and O–H groups in total. The molecule has 112 valence electrons. The summed E-state index contributed by atoms with van der Waals surface area (Å²) in [5.74, 6) is -0.829. The molecule has 1 aliphatic heterocycles. The molecule has 0 amide bonds. The van der Waals surface area contributed by atoms with Crippen LogP contribution >= 0.6 is 11.6 Å². The Labute approximate surface area is 123 Å². The SMILES string of the molecule is CC1(C)CN(S(=O)(=O)c2ccc(Cl)cc2F)CCC1N. The molecule has 0 aliphatic carbocycles. The van der Waals surface area contributed by atoms with Gasteiger partial charge in [-0.25, -0.2) is 12.8 Å². The van der Waals surface area contributed by atoms with Gasteiger partial charge in [0.2, 0.25) is 10.0 Å². The van der Waals surface area contributed by atoms with Crippen LogP contribution in [0.4, 0.5) is 4.39 Å². The highest BCUT2D eigenvalue weighted by atomic mass is 35.5. The first-order valence-electron chi connectivity index (χ1n) is 6.35. The van der Waals surface area contributed by atoms with Crippen molar-refractivity contribution in [1.82, 2.24) is 4.31 Å². The lowest BCUT2D eigenvalue weighted by Crippen LogP contribution is -2.53. The molecule has 0 radical (unpaired) electrons. The predicted molar refractivity (Wildman–Crippen MR) is 76.5 cm³/mol. The second-order valence-electron chi connectivity index (χ2n) is 5.80. The van der Waals surface area contributed by atoms with Crippen LogP contribution in [-0.2, 0) is 10.0 Å². The monoisotopic (exact) mass is 320 g/mol. The van der Waals surface area contributed by atoms with E-state index in [4.69, 9.17) is 17.3 Å². The summed E-state index contributed by atoms with van der Waals surface area (Å²) in [6, 6.07) is 3.52. The number of halogens is 2. The molecule has 1 heterocycles. The lowest BCUT2D eigenvalue weighted by atomic mass is 9.81. The summed E-state index contributed by atoms with van der Waals surface area (Å²) in [7, 11) is -3.86. The van der Waals surface area contributed by atoms with Gasteiger partial charge in [0, 0.05) is 24.2 Å². The molecule has 2 rings (SSSR count). The molecule has 1 aliphatic rings. The zero-order valence-corrected chi connectivity index (χ0v) is 13.0. The molecule has 4 nitrogen and oxygen atoms in total. The predicted octanol–water partition coefficient (Wildman–Crippen LogP) is 2.23. The van der Waals surface area contributed by atoms with Gasteiger partial charge in [0.05, 0.1) is 0 Å². The minimum absolute atomic E-state index is 0.0657. The van der Waals surface area contributed by atoms with Crippen LogP contribution < -0.4 is 5.73 Å². The Hall–Kier alpha value is -0.690. The van der Waals surface area contributed by atoms with Gasteiger partial charge < -0.3 is 5.73 Å². The molecule has 0 aromatic heterocycles. The van der Waals surface area contributed by atoms with E-state index in [1.165, 1.54) is 16.4 Å². The summed E-state index contributed by atoms with van der Waals surface area (Å²) in [6.07, 6.45) is 0.557. The number of benzene rings is 1. The Balaban J connectivity index is 2.36. The van der Waals surface area contributed by atoms with Crippen LogP contribution in [0.25, 0.3) is 0 Å². The molecule has 0 bridgehead atoms. The number of sulfonamides is 1. The normalized spacial score (nSPS) is 23.8. The Bertz CT molecular complexity index is 619. The van der Waals surface area contributed by atoms with Crippen LogP contribution in [0.5, 0.6) is 0 Å². The molecule has 1 fully saturated rings. The molecule has 1 saturated heterocycles. The molecular formula is C13H18ClFN2O2S. The van der Waals surface area contributed by atoms with Gasteiger partial charge >= 0.3 is 0 Å². The van der Waals surface area contributed by atoms with E-state index in [-0.39, 0.29) is 27.9 Å². The Morgan fingerprint density at radius 3 is 2.65 bits per heavy atom. The van der Waals surface area contributed by atoms with E-state index in [2.05, 4.69) is 0 Å². The highest BCUT2D eigenvalue weighted by Crippen LogP contribution is 2.32. The number of piperidine rings is 1. The van der Waals surface area contributed by atoms with Crippen molar-refractivity contribution in [2.75, 3.05) is 13.1 Å². The molecule has 1 aromatic carbocycles. The van der Waals surface area contributed by atoms with Crippen LogP contribution in [0.2, 0.25) is 5.02 Å². The van der Waals surface area contributed by atoms with Gasteiger partial charge in [-0.1, -0.05) is 25.4 Å². The lowest BCUT2D eigenvalue weighted by Gasteiger charge is -2.41. The maximum Gasteiger partial charge on any atom is 0.246 e. The smallest absolute Gasteiger partial charge is 0.246 e.